The van der Waals surface area contributed by atoms with Crippen LogP contribution in [0.25, 0.3) is 0 Å². The van der Waals surface area contributed by atoms with E-state index in [1.807, 2.05) is 6.07 Å². The zero-order valence-corrected chi connectivity index (χ0v) is 13.3. The molecule has 4 heteroatoms. The Morgan fingerprint density at radius 2 is 2.14 bits per heavy atom. The van der Waals surface area contributed by atoms with E-state index >= 15 is 0 Å². The monoisotopic (exact) mass is 304 g/mol. The lowest BCUT2D eigenvalue weighted by molar-refractivity contribution is 0.0513. The molecule has 0 spiro atoms. The fraction of sp³-hybridized carbons (Fsp3) is 0.667. The van der Waals surface area contributed by atoms with Gasteiger partial charge in [-0.25, -0.2) is 0 Å². The molecule has 1 aliphatic carbocycles. The fourth-order valence-corrected chi connectivity index (χ4v) is 3.67. The molecule has 3 rings (SSSR count). The second kappa shape index (κ2) is 8.63. The van der Waals surface area contributed by atoms with Gasteiger partial charge in [0.15, 0.2) is 0 Å². The Balaban J connectivity index is 1.34. The second-order valence-corrected chi connectivity index (χ2v) is 6.33. The van der Waals surface area contributed by atoms with Crippen LogP contribution in [0.4, 0.5) is 0 Å². The molecule has 1 saturated heterocycles. The van der Waals surface area contributed by atoms with Crippen molar-refractivity contribution in [2.45, 2.75) is 38.0 Å². The molecule has 0 radical (unpaired) electrons. The molecule has 122 valence electrons. The molecule has 1 aromatic carbocycles. The summed E-state index contributed by atoms with van der Waals surface area (Å²) in [5, 5.41) is 7.31. The first-order valence-corrected chi connectivity index (χ1v) is 8.59. The molecule has 3 atom stereocenters. The summed E-state index contributed by atoms with van der Waals surface area (Å²) in [6.45, 7) is 5.12. The van der Waals surface area contributed by atoms with Gasteiger partial charge in [-0.1, -0.05) is 36.8 Å². The zero-order valence-electron chi connectivity index (χ0n) is 13.3. The number of hydrogen-bond donors (Lipinski definition) is 2. The van der Waals surface area contributed by atoms with E-state index < -0.39 is 0 Å². The van der Waals surface area contributed by atoms with Crippen LogP contribution in [0.1, 0.15) is 24.8 Å². The summed E-state index contributed by atoms with van der Waals surface area (Å²) in [5.41, 5.74) is 1.24. The van der Waals surface area contributed by atoms with Crippen LogP contribution < -0.4 is 10.6 Å². The zero-order chi connectivity index (χ0) is 15.0. The van der Waals surface area contributed by atoms with Crippen LogP contribution in [0.2, 0.25) is 0 Å². The van der Waals surface area contributed by atoms with E-state index in [9.17, 15) is 0 Å². The van der Waals surface area contributed by atoms with Gasteiger partial charge in [0.25, 0.3) is 0 Å². The fourth-order valence-electron chi connectivity index (χ4n) is 3.67. The van der Waals surface area contributed by atoms with Gasteiger partial charge in [-0.3, -0.25) is 0 Å². The highest BCUT2D eigenvalue weighted by molar-refractivity contribution is 5.13. The van der Waals surface area contributed by atoms with Crippen molar-refractivity contribution in [1.82, 2.24) is 10.6 Å². The van der Waals surface area contributed by atoms with Crippen molar-refractivity contribution in [2.24, 2.45) is 5.92 Å². The SMILES string of the molecule is c1ccc(COCCNC2CCCC2C2COCCN2)cc1. The Morgan fingerprint density at radius 3 is 2.95 bits per heavy atom. The summed E-state index contributed by atoms with van der Waals surface area (Å²) >= 11 is 0. The van der Waals surface area contributed by atoms with E-state index in [2.05, 4.69) is 34.9 Å². The van der Waals surface area contributed by atoms with Gasteiger partial charge in [-0.2, -0.15) is 0 Å². The summed E-state index contributed by atoms with van der Waals surface area (Å²) in [4.78, 5) is 0. The van der Waals surface area contributed by atoms with Crippen LogP contribution >= 0.6 is 0 Å². The van der Waals surface area contributed by atoms with Gasteiger partial charge >= 0.3 is 0 Å². The van der Waals surface area contributed by atoms with Crippen LogP contribution in [0.15, 0.2) is 30.3 Å². The van der Waals surface area contributed by atoms with Crippen molar-refractivity contribution >= 4 is 0 Å². The van der Waals surface area contributed by atoms with Crippen LogP contribution in [0.5, 0.6) is 0 Å². The van der Waals surface area contributed by atoms with Crippen LogP contribution in [-0.4, -0.2) is 45.0 Å². The van der Waals surface area contributed by atoms with E-state index in [4.69, 9.17) is 9.47 Å². The molecule has 3 unspecified atom stereocenters. The summed E-state index contributed by atoms with van der Waals surface area (Å²) in [6, 6.07) is 11.5. The first-order chi connectivity index (χ1) is 10.9. The molecule has 22 heavy (non-hydrogen) atoms. The Labute approximate surface area is 133 Å². The Bertz CT molecular complexity index is 420. The molecular weight excluding hydrogens is 276 g/mol. The summed E-state index contributed by atoms with van der Waals surface area (Å²) in [6.07, 6.45) is 3.91. The summed E-state index contributed by atoms with van der Waals surface area (Å²) < 4.78 is 11.4. The second-order valence-electron chi connectivity index (χ2n) is 6.33. The van der Waals surface area contributed by atoms with Crippen molar-refractivity contribution < 1.29 is 9.47 Å². The minimum Gasteiger partial charge on any atom is -0.379 e. The van der Waals surface area contributed by atoms with Gasteiger partial charge in [-0.15, -0.1) is 0 Å². The first-order valence-electron chi connectivity index (χ1n) is 8.59. The molecule has 0 aromatic heterocycles. The molecule has 0 bridgehead atoms. The summed E-state index contributed by atoms with van der Waals surface area (Å²) in [5.74, 6) is 0.703. The van der Waals surface area contributed by atoms with E-state index in [1.165, 1.54) is 24.8 Å². The standard InChI is InChI=1S/C18H28N2O2/c1-2-5-15(6-3-1)13-21-11-9-19-17-8-4-7-16(17)18-14-22-12-10-20-18/h1-3,5-6,16-20H,4,7-14H2. The van der Waals surface area contributed by atoms with Crippen molar-refractivity contribution in [3.8, 4) is 0 Å². The van der Waals surface area contributed by atoms with E-state index in [0.29, 0.717) is 24.6 Å². The Hall–Kier alpha value is -0.940. The maximum Gasteiger partial charge on any atom is 0.0717 e. The van der Waals surface area contributed by atoms with E-state index in [0.717, 1.165) is 32.9 Å². The van der Waals surface area contributed by atoms with Crippen molar-refractivity contribution in [3.05, 3.63) is 35.9 Å². The minimum absolute atomic E-state index is 0.527. The third-order valence-electron chi connectivity index (χ3n) is 4.80. The van der Waals surface area contributed by atoms with Crippen molar-refractivity contribution in [2.75, 3.05) is 32.9 Å². The highest BCUT2D eigenvalue weighted by Crippen LogP contribution is 2.29. The highest BCUT2D eigenvalue weighted by atomic mass is 16.5. The predicted molar refractivity (Wildman–Crippen MR) is 87.8 cm³/mol. The van der Waals surface area contributed by atoms with Crippen molar-refractivity contribution in [1.29, 1.82) is 0 Å². The molecule has 2 aliphatic rings. The third-order valence-corrected chi connectivity index (χ3v) is 4.80. The number of nitrogens with one attached hydrogen (secondary N) is 2. The molecule has 2 N–H and O–H groups in total. The molecular formula is C18H28N2O2. The topological polar surface area (TPSA) is 42.5 Å². The lowest BCUT2D eigenvalue weighted by Gasteiger charge is -2.33. The van der Waals surface area contributed by atoms with Gasteiger partial charge < -0.3 is 20.1 Å². The maximum atomic E-state index is 5.76. The summed E-state index contributed by atoms with van der Waals surface area (Å²) in [7, 11) is 0. The van der Waals surface area contributed by atoms with Crippen LogP contribution in [0.3, 0.4) is 0 Å². The highest BCUT2D eigenvalue weighted by Gasteiger charge is 2.34. The van der Waals surface area contributed by atoms with Crippen LogP contribution in [0, 0.1) is 5.92 Å². The largest absolute Gasteiger partial charge is 0.379 e. The molecule has 2 fully saturated rings. The number of ether oxygens (including phenoxy) is 2. The normalized spacial score (nSPS) is 28.8. The predicted octanol–water partition coefficient (Wildman–Crippen LogP) is 1.95. The van der Waals surface area contributed by atoms with E-state index in [-0.39, 0.29) is 0 Å². The molecule has 1 heterocycles. The third kappa shape index (κ3) is 4.53. The van der Waals surface area contributed by atoms with Crippen LogP contribution in [-0.2, 0) is 16.1 Å². The quantitative estimate of drug-likeness (QED) is 0.756. The molecule has 4 nitrogen and oxygen atoms in total. The number of rotatable bonds is 7. The van der Waals surface area contributed by atoms with E-state index in [1.54, 1.807) is 0 Å². The number of morpholine rings is 1. The Kier molecular flexibility index (Phi) is 6.25. The van der Waals surface area contributed by atoms with Gasteiger partial charge in [-0.05, 0) is 24.3 Å². The lowest BCUT2D eigenvalue weighted by Crippen LogP contribution is -2.51. The number of benzene rings is 1. The first kappa shape index (κ1) is 15.9. The maximum absolute atomic E-state index is 5.76. The minimum atomic E-state index is 0.527. The molecule has 1 aromatic rings. The smallest absolute Gasteiger partial charge is 0.0717 e. The van der Waals surface area contributed by atoms with Gasteiger partial charge in [0, 0.05) is 25.2 Å². The number of hydrogen-bond acceptors (Lipinski definition) is 4. The molecule has 0 amide bonds. The molecule has 1 saturated carbocycles. The van der Waals surface area contributed by atoms with Gasteiger partial charge in [0.2, 0.25) is 0 Å². The van der Waals surface area contributed by atoms with Gasteiger partial charge in [0.05, 0.1) is 26.4 Å². The van der Waals surface area contributed by atoms with Crippen molar-refractivity contribution in [3.63, 3.8) is 0 Å². The average Bonchev–Trinajstić information content (AvgIpc) is 3.05. The average molecular weight is 304 g/mol. The Morgan fingerprint density at radius 1 is 1.23 bits per heavy atom. The molecule has 1 aliphatic heterocycles. The lowest BCUT2D eigenvalue weighted by atomic mass is 9.94. The van der Waals surface area contributed by atoms with Gasteiger partial charge in [0.1, 0.15) is 0 Å².